The van der Waals surface area contributed by atoms with Gasteiger partial charge in [-0.2, -0.15) is 0 Å². The van der Waals surface area contributed by atoms with Crippen molar-refractivity contribution in [2.45, 2.75) is 40.3 Å². The molecule has 2 rings (SSSR count). The van der Waals surface area contributed by atoms with Crippen molar-refractivity contribution >= 4 is 5.91 Å². The highest BCUT2D eigenvalue weighted by Crippen LogP contribution is 2.20. The van der Waals surface area contributed by atoms with E-state index in [1.165, 1.54) is 11.1 Å². The summed E-state index contributed by atoms with van der Waals surface area (Å²) in [6, 6.07) is 14.1. The van der Waals surface area contributed by atoms with Crippen LogP contribution in [0.3, 0.4) is 0 Å². The fourth-order valence-corrected chi connectivity index (χ4v) is 2.21. The Hall–Kier alpha value is -2.29. The first-order valence-corrected chi connectivity index (χ1v) is 7.53. The van der Waals surface area contributed by atoms with Gasteiger partial charge in [-0.15, -0.1) is 0 Å². The van der Waals surface area contributed by atoms with Crippen LogP contribution in [0, 0.1) is 20.8 Å². The van der Waals surface area contributed by atoms with Gasteiger partial charge in [-0.1, -0.05) is 47.5 Å². The van der Waals surface area contributed by atoms with Crippen LogP contribution in [0.5, 0.6) is 5.75 Å². The first-order chi connectivity index (χ1) is 10.5. The number of amides is 1. The summed E-state index contributed by atoms with van der Waals surface area (Å²) < 4.78 is 5.76. The molecule has 2 aromatic carbocycles. The molecule has 2 aromatic rings. The zero-order chi connectivity index (χ0) is 16.1. The Labute approximate surface area is 132 Å². The van der Waals surface area contributed by atoms with Gasteiger partial charge in [0.2, 0.25) is 0 Å². The summed E-state index contributed by atoms with van der Waals surface area (Å²) in [4.78, 5) is 12.1. The zero-order valence-electron chi connectivity index (χ0n) is 13.6. The minimum absolute atomic E-state index is 0.111. The van der Waals surface area contributed by atoms with Crippen molar-refractivity contribution < 1.29 is 9.53 Å². The number of nitrogens with one attached hydrogen (secondary N) is 1. The molecule has 0 heterocycles. The highest BCUT2D eigenvalue weighted by Gasteiger charge is 2.15. The van der Waals surface area contributed by atoms with Crippen LogP contribution < -0.4 is 10.1 Å². The van der Waals surface area contributed by atoms with E-state index in [0.717, 1.165) is 16.9 Å². The van der Waals surface area contributed by atoms with Gasteiger partial charge in [0, 0.05) is 6.54 Å². The van der Waals surface area contributed by atoms with Crippen LogP contribution in [0.25, 0.3) is 0 Å². The molecule has 0 aliphatic rings. The van der Waals surface area contributed by atoms with E-state index in [0.29, 0.717) is 6.54 Å². The van der Waals surface area contributed by atoms with Gasteiger partial charge >= 0.3 is 0 Å². The molecule has 22 heavy (non-hydrogen) atoms. The molecule has 3 nitrogen and oxygen atoms in total. The molecule has 116 valence electrons. The molecule has 1 unspecified atom stereocenters. The molecular formula is C19H23NO2. The first kappa shape index (κ1) is 16.1. The Balaban J connectivity index is 1.90. The van der Waals surface area contributed by atoms with Gasteiger partial charge in [0.25, 0.3) is 5.91 Å². The van der Waals surface area contributed by atoms with Crippen molar-refractivity contribution in [2.24, 2.45) is 0 Å². The number of aryl methyl sites for hydroxylation is 3. The summed E-state index contributed by atoms with van der Waals surface area (Å²) >= 11 is 0. The SMILES string of the molecule is Cc1ccc(CNC(=O)C(C)Oc2ccc(C)cc2C)cc1. The summed E-state index contributed by atoms with van der Waals surface area (Å²) in [5.74, 6) is 0.643. The second-order valence-electron chi connectivity index (χ2n) is 5.73. The predicted molar refractivity (Wildman–Crippen MR) is 89.0 cm³/mol. The van der Waals surface area contributed by atoms with Gasteiger partial charge in [-0.3, -0.25) is 4.79 Å². The van der Waals surface area contributed by atoms with Gasteiger partial charge in [0.1, 0.15) is 5.75 Å². The van der Waals surface area contributed by atoms with Crippen LogP contribution >= 0.6 is 0 Å². The predicted octanol–water partition coefficient (Wildman–Crippen LogP) is 3.70. The smallest absolute Gasteiger partial charge is 0.261 e. The first-order valence-electron chi connectivity index (χ1n) is 7.53. The van der Waals surface area contributed by atoms with E-state index >= 15 is 0 Å². The monoisotopic (exact) mass is 297 g/mol. The maximum Gasteiger partial charge on any atom is 0.261 e. The number of hydrogen-bond acceptors (Lipinski definition) is 2. The van der Waals surface area contributed by atoms with Crippen molar-refractivity contribution in [1.82, 2.24) is 5.32 Å². The molecule has 1 atom stereocenters. The Morgan fingerprint density at radius 2 is 1.68 bits per heavy atom. The number of benzene rings is 2. The largest absolute Gasteiger partial charge is 0.481 e. The lowest BCUT2D eigenvalue weighted by molar-refractivity contribution is -0.127. The molecule has 0 fully saturated rings. The van der Waals surface area contributed by atoms with Gasteiger partial charge in [-0.25, -0.2) is 0 Å². The fourth-order valence-electron chi connectivity index (χ4n) is 2.21. The van der Waals surface area contributed by atoms with Crippen molar-refractivity contribution in [1.29, 1.82) is 0 Å². The van der Waals surface area contributed by atoms with E-state index in [4.69, 9.17) is 4.74 Å². The third kappa shape index (κ3) is 4.35. The topological polar surface area (TPSA) is 38.3 Å². The Morgan fingerprint density at radius 3 is 2.32 bits per heavy atom. The van der Waals surface area contributed by atoms with Crippen LogP contribution in [0.2, 0.25) is 0 Å². The van der Waals surface area contributed by atoms with E-state index in [2.05, 4.69) is 5.32 Å². The minimum Gasteiger partial charge on any atom is -0.481 e. The van der Waals surface area contributed by atoms with Gasteiger partial charge in [-0.05, 0) is 44.9 Å². The van der Waals surface area contributed by atoms with Gasteiger partial charge < -0.3 is 10.1 Å². The second kappa shape index (κ2) is 7.12. The van der Waals surface area contributed by atoms with Crippen LogP contribution in [0.4, 0.5) is 0 Å². The fraction of sp³-hybridized carbons (Fsp3) is 0.316. The van der Waals surface area contributed by atoms with Gasteiger partial charge in [0.15, 0.2) is 6.10 Å². The van der Waals surface area contributed by atoms with Crippen molar-refractivity contribution in [3.05, 3.63) is 64.7 Å². The number of ether oxygens (including phenoxy) is 1. The highest BCUT2D eigenvalue weighted by molar-refractivity contribution is 5.80. The second-order valence-corrected chi connectivity index (χ2v) is 5.73. The average Bonchev–Trinajstić information content (AvgIpc) is 2.49. The summed E-state index contributed by atoms with van der Waals surface area (Å²) in [5, 5.41) is 2.91. The molecule has 0 aromatic heterocycles. The summed E-state index contributed by atoms with van der Waals surface area (Å²) in [6.45, 7) is 8.35. The number of carbonyl (C=O) groups excluding carboxylic acids is 1. The van der Waals surface area contributed by atoms with Crippen molar-refractivity contribution in [3.8, 4) is 5.75 Å². The molecule has 1 N–H and O–H groups in total. The van der Waals surface area contributed by atoms with Crippen molar-refractivity contribution in [2.75, 3.05) is 0 Å². The third-order valence-corrected chi connectivity index (χ3v) is 3.59. The van der Waals surface area contributed by atoms with Crippen LogP contribution in [-0.2, 0) is 11.3 Å². The summed E-state index contributed by atoms with van der Waals surface area (Å²) in [5.41, 5.74) is 4.51. The summed E-state index contributed by atoms with van der Waals surface area (Å²) in [7, 11) is 0. The molecule has 0 aliphatic carbocycles. The molecule has 3 heteroatoms. The number of rotatable bonds is 5. The maximum absolute atomic E-state index is 12.1. The molecule has 0 radical (unpaired) electrons. The maximum atomic E-state index is 12.1. The zero-order valence-corrected chi connectivity index (χ0v) is 13.6. The molecule has 1 amide bonds. The highest BCUT2D eigenvalue weighted by atomic mass is 16.5. The molecule has 0 aliphatic heterocycles. The minimum atomic E-state index is -0.521. The number of hydrogen-bond donors (Lipinski definition) is 1. The normalized spacial score (nSPS) is 11.8. The lowest BCUT2D eigenvalue weighted by atomic mass is 10.1. The molecular weight excluding hydrogens is 274 g/mol. The Bertz CT molecular complexity index is 647. The van der Waals surface area contributed by atoms with E-state index < -0.39 is 6.10 Å². The van der Waals surface area contributed by atoms with E-state index in [1.807, 2.05) is 63.2 Å². The lowest BCUT2D eigenvalue weighted by Gasteiger charge is -2.16. The molecule has 0 bridgehead atoms. The van der Waals surface area contributed by atoms with Crippen molar-refractivity contribution in [3.63, 3.8) is 0 Å². The number of carbonyl (C=O) groups is 1. The molecule has 0 saturated heterocycles. The van der Waals surface area contributed by atoms with Crippen LogP contribution in [-0.4, -0.2) is 12.0 Å². The van der Waals surface area contributed by atoms with E-state index in [9.17, 15) is 4.79 Å². The third-order valence-electron chi connectivity index (χ3n) is 3.59. The lowest BCUT2D eigenvalue weighted by Crippen LogP contribution is -2.36. The Morgan fingerprint density at radius 1 is 1.05 bits per heavy atom. The van der Waals surface area contributed by atoms with Gasteiger partial charge in [0.05, 0.1) is 0 Å². The quantitative estimate of drug-likeness (QED) is 0.914. The molecule has 0 saturated carbocycles. The van der Waals surface area contributed by atoms with E-state index in [-0.39, 0.29) is 5.91 Å². The Kier molecular flexibility index (Phi) is 5.21. The summed E-state index contributed by atoms with van der Waals surface area (Å²) in [6.07, 6.45) is -0.521. The average molecular weight is 297 g/mol. The standard InChI is InChI=1S/C19H23NO2/c1-13-5-8-17(9-6-13)12-20-19(21)16(4)22-18-10-7-14(2)11-15(18)3/h5-11,16H,12H2,1-4H3,(H,20,21). The van der Waals surface area contributed by atoms with Crippen LogP contribution in [0.15, 0.2) is 42.5 Å². The van der Waals surface area contributed by atoms with Crippen LogP contribution in [0.1, 0.15) is 29.2 Å². The molecule has 0 spiro atoms. The van der Waals surface area contributed by atoms with E-state index in [1.54, 1.807) is 6.92 Å².